The lowest BCUT2D eigenvalue weighted by Crippen LogP contribution is -2.90. The maximum absolute atomic E-state index is 4.58. The molecule has 15 heavy (non-hydrogen) atoms. The Morgan fingerprint density at radius 1 is 1.33 bits per heavy atom. The van der Waals surface area contributed by atoms with Gasteiger partial charge < -0.3 is 5.32 Å². The molecular weight excluding hydrogens is 184 g/mol. The number of quaternary nitrogens is 1. The SMILES string of the molecule is Cc1cccc(C[C@H]2CCCCC[NH2+]2)n1. The number of aromatic nitrogens is 1. The lowest BCUT2D eigenvalue weighted by molar-refractivity contribution is -0.687. The highest BCUT2D eigenvalue weighted by atomic mass is 14.9. The standard InChI is InChI=1S/C13H20N2/c1-11-6-5-8-13(15-11)10-12-7-3-2-4-9-14-12/h5-6,8,12,14H,2-4,7,9-10H2,1H3/p+1/t12-/m1/s1. The van der Waals surface area contributed by atoms with Gasteiger partial charge in [-0.3, -0.25) is 4.98 Å². The van der Waals surface area contributed by atoms with Gasteiger partial charge in [0.2, 0.25) is 0 Å². The largest absolute Gasteiger partial charge is 0.343 e. The molecule has 1 fully saturated rings. The van der Waals surface area contributed by atoms with Gasteiger partial charge in [-0.2, -0.15) is 0 Å². The summed E-state index contributed by atoms with van der Waals surface area (Å²) in [5.74, 6) is 0. The van der Waals surface area contributed by atoms with E-state index in [9.17, 15) is 0 Å². The second-order valence-electron chi connectivity index (χ2n) is 4.61. The van der Waals surface area contributed by atoms with E-state index in [0.29, 0.717) is 0 Å². The normalized spacial score (nSPS) is 22.3. The average molecular weight is 205 g/mol. The van der Waals surface area contributed by atoms with Crippen LogP contribution in [0.5, 0.6) is 0 Å². The van der Waals surface area contributed by atoms with E-state index < -0.39 is 0 Å². The Kier molecular flexibility index (Phi) is 3.73. The van der Waals surface area contributed by atoms with E-state index in [4.69, 9.17) is 0 Å². The minimum Gasteiger partial charge on any atom is -0.343 e. The van der Waals surface area contributed by atoms with Gasteiger partial charge in [0, 0.05) is 17.8 Å². The van der Waals surface area contributed by atoms with Crippen LogP contribution >= 0.6 is 0 Å². The number of aryl methyl sites for hydroxylation is 1. The Bertz CT molecular complexity index is 301. The maximum atomic E-state index is 4.58. The summed E-state index contributed by atoms with van der Waals surface area (Å²) >= 11 is 0. The van der Waals surface area contributed by atoms with E-state index in [1.165, 1.54) is 37.9 Å². The topological polar surface area (TPSA) is 29.5 Å². The van der Waals surface area contributed by atoms with Gasteiger partial charge in [-0.05, 0) is 44.7 Å². The van der Waals surface area contributed by atoms with Crippen LogP contribution in [0.15, 0.2) is 18.2 Å². The highest BCUT2D eigenvalue weighted by molar-refractivity contribution is 5.10. The van der Waals surface area contributed by atoms with Crippen molar-refractivity contribution in [2.75, 3.05) is 6.54 Å². The third-order valence-corrected chi connectivity index (χ3v) is 3.20. The number of rotatable bonds is 2. The number of nitrogens with two attached hydrogens (primary N) is 1. The first-order valence-electron chi connectivity index (χ1n) is 6.10. The minimum atomic E-state index is 0.766. The zero-order chi connectivity index (χ0) is 10.5. The molecule has 2 heteroatoms. The van der Waals surface area contributed by atoms with Crippen molar-refractivity contribution < 1.29 is 5.32 Å². The molecule has 1 aliphatic rings. The Morgan fingerprint density at radius 2 is 2.27 bits per heavy atom. The zero-order valence-electron chi connectivity index (χ0n) is 9.58. The van der Waals surface area contributed by atoms with Crippen LogP contribution in [-0.4, -0.2) is 17.6 Å². The molecule has 82 valence electrons. The highest BCUT2D eigenvalue weighted by Gasteiger charge is 2.15. The third-order valence-electron chi connectivity index (χ3n) is 3.20. The molecule has 1 aliphatic heterocycles. The quantitative estimate of drug-likeness (QED) is 0.778. The summed E-state index contributed by atoms with van der Waals surface area (Å²) in [6.45, 7) is 3.37. The Hall–Kier alpha value is -0.890. The minimum absolute atomic E-state index is 0.766. The molecule has 1 atom stereocenters. The van der Waals surface area contributed by atoms with Crippen LogP contribution in [-0.2, 0) is 6.42 Å². The summed E-state index contributed by atoms with van der Waals surface area (Å²) in [6.07, 6.45) is 6.69. The molecule has 1 saturated heterocycles. The molecule has 2 heterocycles. The van der Waals surface area contributed by atoms with Crippen LogP contribution in [0.4, 0.5) is 0 Å². The molecule has 0 unspecified atom stereocenters. The van der Waals surface area contributed by atoms with Gasteiger partial charge in [-0.25, -0.2) is 0 Å². The van der Waals surface area contributed by atoms with Gasteiger partial charge in [0.1, 0.15) is 0 Å². The first-order chi connectivity index (χ1) is 7.34. The van der Waals surface area contributed by atoms with Crippen molar-refractivity contribution in [2.45, 2.75) is 45.1 Å². The summed E-state index contributed by atoms with van der Waals surface area (Å²) in [4.78, 5) is 4.58. The fraction of sp³-hybridized carbons (Fsp3) is 0.615. The molecule has 0 bridgehead atoms. The predicted molar refractivity (Wildman–Crippen MR) is 61.7 cm³/mol. The van der Waals surface area contributed by atoms with E-state index in [0.717, 1.165) is 18.2 Å². The molecule has 0 aliphatic carbocycles. The second-order valence-corrected chi connectivity index (χ2v) is 4.61. The smallest absolute Gasteiger partial charge is 0.0915 e. The lowest BCUT2D eigenvalue weighted by Gasteiger charge is -2.12. The van der Waals surface area contributed by atoms with Gasteiger partial charge in [0.15, 0.2) is 0 Å². The van der Waals surface area contributed by atoms with Crippen molar-refractivity contribution in [2.24, 2.45) is 0 Å². The van der Waals surface area contributed by atoms with E-state index in [1.807, 2.05) is 0 Å². The van der Waals surface area contributed by atoms with Crippen molar-refractivity contribution in [3.8, 4) is 0 Å². The Labute approximate surface area is 92.1 Å². The monoisotopic (exact) mass is 205 g/mol. The van der Waals surface area contributed by atoms with Gasteiger partial charge >= 0.3 is 0 Å². The van der Waals surface area contributed by atoms with Crippen LogP contribution in [0, 0.1) is 6.92 Å². The molecule has 2 N–H and O–H groups in total. The van der Waals surface area contributed by atoms with Gasteiger partial charge in [-0.1, -0.05) is 6.07 Å². The van der Waals surface area contributed by atoms with E-state index in [1.54, 1.807) is 0 Å². The predicted octanol–water partition coefficient (Wildman–Crippen LogP) is 1.44. The third kappa shape index (κ3) is 3.31. The first-order valence-corrected chi connectivity index (χ1v) is 6.10. The highest BCUT2D eigenvalue weighted by Crippen LogP contribution is 2.08. The van der Waals surface area contributed by atoms with E-state index in [-0.39, 0.29) is 0 Å². The molecular formula is C13H21N2+. The fourth-order valence-electron chi connectivity index (χ4n) is 2.37. The van der Waals surface area contributed by atoms with Crippen molar-refractivity contribution in [3.05, 3.63) is 29.6 Å². The summed E-state index contributed by atoms with van der Waals surface area (Å²) in [7, 11) is 0. The van der Waals surface area contributed by atoms with Crippen molar-refractivity contribution in [1.82, 2.24) is 4.98 Å². The number of nitrogens with zero attached hydrogens (tertiary/aromatic N) is 1. The van der Waals surface area contributed by atoms with Crippen molar-refractivity contribution in [1.29, 1.82) is 0 Å². The molecule has 0 radical (unpaired) electrons. The fourth-order valence-corrected chi connectivity index (χ4v) is 2.37. The van der Waals surface area contributed by atoms with Crippen LogP contribution in [0.2, 0.25) is 0 Å². The van der Waals surface area contributed by atoms with Crippen LogP contribution in [0.3, 0.4) is 0 Å². The Balaban J connectivity index is 1.95. The molecule has 0 saturated carbocycles. The number of pyridine rings is 1. The Morgan fingerprint density at radius 3 is 3.13 bits per heavy atom. The summed E-state index contributed by atoms with van der Waals surface area (Å²) in [6, 6.07) is 7.11. The molecule has 1 aromatic heterocycles. The van der Waals surface area contributed by atoms with E-state index >= 15 is 0 Å². The second kappa shape index (κ2) is 5.26. The van der Waals surface area contributed by atoms with Gasteiger partial charge in [-0.15, -0.1) is 0 Å². The number of hydrogen-bond acceptors (Lipinski definition) is 1. The van der Waals surface area contributed by atoms with Crippen LogP contribution < -0.4 is 5.32 Å². The zero-order valence-corrected chi connectivity index (χ0v) is 9.58. The number of hydrogen-bond donors (Lipinski definition) is 1. The molecule has 2 nitrogen and oxygen atoms in total. The molecule has 0 aromatic carbocycles. The van der Waals surface area contributed by atoms with Crippen molar-refractivity contribution in [3.63, 3.8) is 0 Å². The first kappa shape index (κ1) is 10.6. The van der Waals surface area contributed by atoms with Gasteiger partial charge in [0.25, 0.3) is 0 Å². The van der Waals surface area contributed by atoms with Crippen LogP contribution in [0.25, 0.3) is 0 Å². The van der Waals surface area contributed by atoms with E-state index in [2.05, 4.69) is 35.4 Å². The molecule has 0 spiro atoms. The summed E-state index contributed by atoms with van der Waals surface area (Å²) in [5, 5.41) is 2.51. The summed E-state index contributed by atoms with van der Waals surface area (Å²) < 4.78 is 0. The maximum Gasteiger partial charge on any atom is 0.0915 e. The molecule has 1 aromatic rings. The molecule has 0 amide bonds. The van der Waals surface area contributed by atoms with Gasteiger partial charge in [0.05, 0.1) is 12.6 Å². The lowest BCUT2D eigenvalue weighted by atomic mass is 10.1. The van der Waals surface area contributed by atoms with Crippen molar-refractivity contribution >= 4 is 0 Å². The average Bonchev–Trinajstić information content (AvgIpc) is 2.46. The van der Waals surface area contributed by atoms with Crippen LogP contribution in [0.1, 0.15) is 37.1 Å². The summed E-state index contributed by atoms with van der Waals surface area (Å²) in [5.41, 5.74) is 2.40. The molecule has 2 rings (SSSR count).